The van der Waals surface area contributed by atoms with Gasteiger partial charge in [-0.1, -0.05) is 32.0 Å². The number of nitrogens with zero attached hydrogens (tertiary/aromatic N) is 1. The van der Waals surface area contributed by atoms with Gasteiger partial charge in [-0.15, -0.1) is 0 Å². The second-order valence-corrected chi connectivity index (χ2v) is 6.56. The number of hydrogen-bond donors (Lipinski definition) is 1. The molecule has 1 aromatic rings. The van der Waals surface area contributed by atoms with Crippen LogP contribution < -0.4 is 10.5 Å². The smallest absolute Gasteiger partial charge is 0.124 e. The summed E-state index contributed by atoms with van der Waals surface area (Å²) in [6.45, 7) is 7.72. The number of nitrogens with two attached hydrogens (primary N) is 1. The number of fused-ring (bicyclic) bond motifs is 1. The van der Waals surface area contributed by atoms with Gasteiger partial charge < -0.3 is 10.5 Å². The van der Waals surface area contributed by atoms with Crippen LogP contribution in [0.4, 0.5) is 0 Å². The van der Waals surface area contributed by atoms with Crippen LogP contribution >= 0.6 is 0 Å². The van der Waals surface area contributed by atoms with Crippen molar-refractivity contribution in [1.82, 2.24) is 4.90 Å². The fourth-order valence-corrected chi connectivity index (χ4v) is 3.62. The van der Waals surface area contributed by atoms with E-state index < -0.39 is 0 Å². The van der Waals surface area contributed by atoms with Crippen LogP contribution in [0.1, 0.15) is 38.3 Å². The van der Waals surface area contributed by atoms with Crippen LogP contribution in [0.5, 0.6) is 5.75 Å². The van der Waals surface area contributed by atoms with Gasteiger partial charge in [0, 0.05) is 5.56 Å². The standard InChI is InChI=1S/C17H26N2O/c1-12(2)13-7-9-19(10-8-13)15-11-20-16-6-4-3-5-14(16)17(15)18/h3-6,12-13,15,17H,7-11,18H2,1-2H3. The zero-order valence-corrected chi connectivity index (χ0v) is 12.6. The van der Waals surface area contributed by atoms with Crippen molar-refractivity contribution < 1.29 is 4.74 Å². The molecule has 3 heteroatoms. The van der Waals surface area contributed by atoms with Crippen LogP contribution in [0, 0.1) is 11.8 Å². The minimum absolute atomic E-state index is 0.0792. The molecule has 1 aromatic carbocycles. The molecule has 0 spiro atoms. The highest BCUT2D eigenvalue weighted by molar-refractivity contribution is 5.38. The van der Waals surface area contributed by atoms with Crippen molar-refractivity contribution in [2.24, 2.45) is 17.6 Å². The van der Waals surface area contributed by atoms with Crippen LogP contribution in [-0.2, 0) is 0 Å². The number of hydrogen-bond acceptors (Lipinski definition) is 3. The molecule has 0 saturated carbocycles. The third-order valence-corrected chi connectivity index (χ3v) is 5.09. The maximum atomic E-state index is 6.49. The lowest BCUT2D eigenvalue weighted by Gasteiger charge is -2.43. The van der Waals surface area contributed by atoms with Gasteiger partial charge in [0.1, 0.15) is 12.4 Å². The fraction of sp³-hybridized carbons (Fsp3) is 0.647. The summed E-state index contributed by atoms with van der Waals surface area (Å²) in [5, 5.41) is 0. The van der Waals surface area contributed by atoms with Gasteiger partial charge in [0.2, 0.25) is 0 Å². The van der Waals surface area contributed by atoms with E-state index in [-0.39, 0.29) is 6.04 Å². The highest BCUT2D eigenvalue weighted by atomic mass is 16.5. The predicted octanol–water partition coefficient (Wildman–Crippen LogP) is 2.82. The molecule has 2 aliphatic heterocycles. The zero-order chi connectivity index (χ0) is 14.1. The Bertz CT molecular complexity index is 452. The lowest BCUT2D eigenvalue weighted by atomic mass is 9.85. The van der Waals surface area contributed by atoms with E-state index in [0.717, 1.165) is 42.8 Å². The Morgan fingerprint density at radius 1 is 1.20 bits per heavy atom. The Hall–Kier alpha value is -1.06. The molecule has 0 aliphatic carbocycles. The largest absolute Gasteiger partial charge is 0.492 e. The summed E-state index contributed by atoms with van der Waals surface area (Å²) in [5.74, 6) is 2.64. The average Bonchev–Trinajstić information content (AvgIpc) is 2.48. The lowest BCUT2D eigenvalue weighted by molar-refractivity contribution is 0.0588. The van der Waals surface area contributed by atoms with E-state index in [2.05, 4.69) is 30.9 Å². The molecule has 0 aromatic heterocycles. The van der Waals surface area contributed by atoms with Crippen molar-refractivity contribution in [2.45, 2.75) is 38.8 Å². The Morgan fingerprint density at radius 2 is 1.90 bits per heavy atom. The lowest BCUT2D eigenvalue weighted by Crippen LogP contribution is -2.51. The SMILES string of the molecule is CC(C)C1CCN(C2COc3ccccc3C2N)CC1. The Labute approximate surface area is 122 Å². The quantitative estimate of drug-likeness (QED) is 0.901. The molecule has 20 heavy (non-hydrogen) atoms. The molecule has 2 heterocycles. The molecule has 1 fully saturated rings. The van der Waals surface area contributed by atoms with Gasteiger partial charge in [0.25, 0.3) is 0 Å². The number of rotatable bonds is 2. The Morgan fingerprint density at radius 3 is 2.60 bits per heavy atom. The molecule has 0 radical (unpaired) electrons. The third kappa shape index (κ3) is 2.57. The molecular weight excluding hydrogens is 248 g/mol. The maximum Gasteiger partial charge on any atom is 0.124 e. The predicted molar refractivity (Wildman–Crippen MR) is 81.8 cm³/mol. The summed E-state index contributed by atoms with van der Waals surface area (Å²) in [7, 11) is 0. The van der Waals surface area contributed by atoms with Crippen LogP contribution in [-0.4, -0.2) is 30.6 Å². The van der Waals surface area contributed by atoms with E-state index in [0.29, 0.717) is 6.04 Å². The summed E-state index contributed by atoms with van der Waals surface area (Å²) in [6.07, 6.45) is 2.59. The first-order valence-corrected chi connectivity index (χ1v) is 7.88. The molecule has 2 aliphatic rings. The molecule has 2 atom stereocenters. The van der Waals surface area contributed by atoms with Crippen molar-refractivity contribution in [1.29, 1.82) is 0 Å². The monoisotopic (exact) mass is 274 g/mol. The fourth-order valence-electron chi connectivity index (χ4n) is 3.62. The normalized spacial score (nSPS) is 28.2. The molecule has 0 amide bonds. The summed E-state index contributed by atoms with van der Waals surface area (Å²) in [4.78, 5) is 2.54. The van der Waals surface area contributed by atoms with Gasteiger partial charge in [0.15, 0.2) is 0 Å². The molecule has 2 N–H and O–H groups in total. The van der Waals surface area contributed by atoms with Crippen molar-refractivity contribution in [3.8, 4) is 5.75 Å². The van der Waals surface area contributed by atoms with E-state index in [1.54, 1.807) is 0 Å². The van der Waals surface area contributed by atoms with Crippen molar-refractivity contribution in [2.75, 3.05) is 19.7 Å². The van der Waals surface area contributed by atoms with E-state index in [1.165, 1.54) is 12.8 Å². The minimum atomic E-state index is 0.0792. The number of likely N-dealkylation sites (tertiary alicyclic amines) is 1. The second-order valence-electron chi connectivity index (χ2n) is 6.56. The van der Waals surface area contributed by atoms with Crippen LogP contribution in [0.3, 0.4) is 0 Å². The highest BCUT2D eigenvalue weighted by Gasteiger charge is 2.34. The van der Waals surface area contributed by atoms with Gasteiger partial charge in [-0.25, -0.2) is 0 Å². The van der Waals surface area contributed by atoms with Gasteiger partial charge in [0.05, 0.1) is 12.1 Å². The van der Waals surface area contributed by atoms with Gasteiger partial charge in [-0.2, -0.15) is 0 Å². The summed E-state index contributed by atoms with van der Waals surface area (Å²) in [6, 6.07) is 8.60. The van der Waals surface area contributed by atoms with Crippen molar-refractivity contribution in [3.63, 3.8) is 0 Å². The minimum Gasteiger partial charge on any atom is -0.492 e. The van der Waals surface area contributed by atoms with E-state index in [9.17, 15) is 0 Å². The first kappa shape index (κ1) is 13.9. The number of benzene rings is 1. The first-order chi connectivity index (χ1) is 9.66. The van der Waals surface area contributed by atoms with E-state index >= 15 is 0 Å². The zero-order valence-electron chi connectivity index (χ0n) is 12.6. The summed E-state index contributed by atoms with van der Waals surface area (Å²) >= 11 is 0. The second kappa shape index (κ2) is 5.74. The molecule has 3 rings (SSSR count). The number of piperidine rings is 1. The summed E-state index contributed by atoms with van der Waals surface area (Å²) in [5.41, 5.74) is 7.66. The first-order valence-electron chi connectivity index (χ1n) is 7.88. The van der Waals surface area contributed by atoms with Gasteiger partial charge >= 0.3 is 0 Å². The third-order valence-electron chi connectivity index (χ3n) is 5.09. The molecule has 1 saturated heterocycles. The molecule has 0 bridgehead atoms. The summed E-state index contributed by atoms with van der Waals surface area (Å²) < 4.78 is 5.91. The average molecular weight is 274 g/mol. The van der Waals surface area contributed by atoms with Crippen LogP contribution in [0.25, 0.3) is 0 Å². The Kier molecular flexibility index (Phi) is 3.99. The van der Waals surface area contributed by atoms with Gasteiger partial charge in [-0.05, 0) is 43.8 Å². The maximum absolute atomic E-state index is 6.49. The Balaban J connectivity index is 1.68. The van der Waals surface area contributed by atoms with Crippen LogP contribution in [0.15, 0.2) is 24.3 Å². The van der Waals surface area contributed by atoms with Gasteiger partial charge in [-0.3, -0.25) is 4.90 Å². The molecule has 2 unspecified atom stereocenters. The topological polar surface area (TPSA) is 38.5 Å². The van der Waals surface area contributed by atoms with Crippen molar-refractivity contribution >= 4 is 0 Å². The van der Waals surface area contributed by atoms with Crippen LogP contribution in [0.2, 0.25) is 0 Å². The number of para-hydroxylation sites is 1. The van der Waals surface area contributed by atoms with E-state index in [1.807, 2.05) is 12.1 Å². The molecular formula is C17H26N2O. The van der Waals surface area contributed by atoms with E-state index in [4.69, 9.17) is 10.5 Å². The number of ether oxygens (including phenoxy) is 1. The molecule has 110 valence electrons. The molecule has 3 nitrogen and oxygen atoms in total. The van der Waals surface area contributed by atoms with Crippen molar-refractivity contribution in [3.05, 3.63) is 29.8 Å². The highest BCUT2D eigenvalue weighted by Crippen LogP contribution is 2.34.